The molecule has 2 unspecified atom stereocenters. The minimum Gasteiger partial charge on any atom is -0.282 e. The van der Waals surface area contributed by atoms with Gasteiger partial charge in [0.15, 0.2) is 0 Å². The molecule has 1 nitrogen and oxygen atoms in total. The van der Waals surface area contributed by atoms with E-state index in [-0.39, 0.29) is 20.7 Å². The van der Waals surface area contributed by atoms with Crippen molar-refractivity contribution in [2.75, 3.05) is 7.05 Å². The zero-order valence-electron chi connectivity index (χ0n) is 7.69. The highest BCUT2D eigenvalue weighted by Crippen LogP contribution is 2.35. The Balaban J connectivity index is 4.21. The van der Waals surface area contributed by atoms with Gasteiger partial charge in [0.1, 0.15) is 1.55 Å². The standard InChI is InChI=1S/C8H17I2N/c1-6-7(2)11(5)8(3,9)10-4/h7H,4,6H2,1-3,5H3. The molecule has 0 bridgehead atoms. The van der Waals surface area contributed by atoms with Crippen LogP contribution in [0.1, 0.15) is 27.2 Å². The van der Waals surface area contributed by atoms with Crippen molar-refractivity contribution in [1.82, 2.24) is 4.90 Å². The molecule has 0 saturated heterocycles. The lowest BCUT2D eigenvalue weighted by Crippen LogP contribution is -2.39. The van der Waals surface area contributed by atoms with E-state index in [9.17, 15) is 0 Å². The molecule has 0 amide bonds. The van der Waals surface area contributed by atoms with Gasteiger partial charge < -0.3 is 0 Å². The first-order valence-corrected chi connectivity index (χ1v) is 7.45. The van der Waals surface area contributed by atoms with Crippen LogP contribution in [0.2, 0.25) is 0 Å². The van der Waals surface area contributed by atoms with Crippen LogP contribution < -0.4 is 0 Å². The number of alkyl halides is 2. The van der Waals surface area contributed by atoms with Crippen LogP contribution in [-0.4, -0.2) is 24.1 Å². The maximum atomic E-state index is 4.06. The molecule has 0 aliphatic carbocycles. The van der Waals surface area contributed by atoms with Crippen molar-refractivity contribution in [2.24, 2.45) is 0 Å². The fraction of sp³-hybridized carbons (Fsp3) is 0.875. The van der Waals surface area contributed by atoms with E-state index in [0.717, 1.165) is 0 Å². The molecule has 3 heteroatoms. The molecular weight excluding hydrogens is 364 g/mol. The lowest BCUT2D eigenvalue weighted by atomic mass is 10.2. The molecule has 0 radical (unpaired) electrons. The fourth-order valence-electron chi connectivity index (χ4n) is 0.755. The van der Waals surface area contributed by atoms with Gasteiger partial charge in [-0.2, -0.15) is 0 Å². The maximum absolute atomic E-state index is 4.06. The van der Waals surface area contributed by atoms with Crippen molar-refractivity contribution in [1.29, 1.82) is 0 Å². The number of nitrogens with zero attached hydrogens (tertiary/aromatic N) is 1. The van der Waals surface area contributed by atoms with E-state index >= 15 is 0 Å². The van der Waals surface area contributed by atoms with Crippen LogP contribution in [0.15, 0.2) is 0 Å². The zero-order valence-corrected chi connectivity index (χ0v) is 12.0. The Kier molecular flexibility index (Phi) is 5.71. The van der Waals surface area contributed by atoms with E-state index in [4.69, 9.17) is 0 Å². The summed E-state index contributed by atoms with van der Waals surface area (Å²) in [6.07, 6.45) is 1.22. The summed E-state index contributed by atoms with van der Waals surface area (Å²) in [5.74, 6) is 0. The van der Waals surface area contributed by atoms with E-state index in [0.29, 0.717) is 7.59 Å². The predicted molar refractivity (Wildman–Crippen MR) is 71.1 cm³/mol. The molecule has 0 spiro atoms. The highest BCUT2D eigenvalue weighted by molar-refractivity contribution is 14.2. The van der Waals surface area contributed by atoms with E-state index in [1.807, 2.05) is 0 Å². The summed E-state index contributed by atoms with van der Waals surface area (Å²) < 4.78 is 4.38. The molecule has 0 aliphatic heterocycles. The molecule has 11 heavy (non-hydrogen) atoms. The largest absolute Gasteiger partial charge is 0.282 e. The maximum Gasteiger partial charge on any atom is 0.117 e. The van der Waals surface area contributed by atoms with E-state index < -0.39 is 0 Å². The summed E-state index contributed by atoms with van der Waals surface area (Å²) in [4.78, 5) is 2.44. The van der Waals surface area contributed by atoms with E-state index in [2.05, 4.69) is 59.8 Å². The Labute approximate surface area is 93.8 Å². The van der Waals surface area contributed by atoms with Crippen molar-refractivity contribution in [2.45, 2.75) is 34.8 Å². The molecule has 0 aromatic rings. The Hall–Kier alpha value is 1.29. The van der Waals surface area contributed by atoms with Crippen LogP contribution in [0.25, 0.3) is 0 Å². The van der Waals surface area contributed by atoms with Crippen LogP contribution in [0.4, 0.5) is 0 Å². The van der Waals surface area contributed by atoms with Gasteiger partial charge in [-0.3, -0.25) is 4.90 Å². The Morgan fingerprint density at radius 2 is 2.18 bits per heavy atom. The van der Waals surface area contributed by atoms with Crippen LogP contribution in [0.5, 0.6) is 0 Å². The third-order valence-electron chi connectivity index (χ3n) is 2.12. The van der Waals surface area contributed by atoms with Crippen molar-refractivity contribution in [3.63, 3.8) is 0 Å². The molecule has 0 aromatic carbocycles. The first kappa shape index (κ1) is 12.3. The summed E-state index contributed by atoms with van der Waals surface area (Å²) in [7, 11) is 2.20. The van der Waals surface area contributed by atoms with Gasteiger partial charge in [-0.25, -0.2) is 0 Å². The highest BCUT2D eigenvalue weighted by Gasteiger charge is 2.25. The Bertz CT molecular complexity index is 134. The van der Waals surface area contributed by atoms with Gasteiger partial charge in [0.25, 0.3) is 0 Å². The fourth-order valence-corrected chi connectivity index (χ4v) is 2.24. The van der Waals surface area contributed by atoms with Gasteiger partial charge in [-0.1, -0.05) is 54.8 Å². The average molecular weight is 381 g/mol. The van der Waals surface area contributed by atoms with Crippen LogP contribution in [0.3, 0.4) is 0 Å². The Morgan fingerprint density at radius 3 is 2.45 bits per heavy atom. The zero-order chi connectivity index (χ0) is 9.07. The monoisotopic (exact) mass is 381 g/mol. The van der Waals surface area contributed by atoms with Crippen molar-refractivity contribution in [3.05, 3.63) is 0 Å². The van der Waals surface area contributed by atoms with Gasteiger partial charge in [-0.15, -0.1) is 0 Å². The molecule has 2 atom stereocenters. The Morgan fingerprint density at radius 1 is 1.73 bits per heavy atom. The number of hydrogen-bond acceptors (Lipinski definition) is 1. The van der Waals surface area contributed by atoms with Crippen molar-refractivity contribution >= 4 is 47.8 Å². The normalized spacial score (nSPS) is 19.8. The van der Waals surface area contributed by atoms with E-state index in [1.165, 1.54) is 6.42 Å². The van der Waals surface area contributed by atoms with Gasteiger partial charge in [-0.05, 0) is 27.3 Å². The first-order chi connectivity index (χ1) is 4.95. The van der Waals surface area contributed by atoms with Gasteiger partial charge in [0, 0.05) is 6.04 Å². The second-order valence-corrected chi connectivity index (χ2v) is 9.87. The number of rotatable bonds is 4. The topological polar surface area (TPSA) is 3.24 Å². The molecule has 0 heterocycles. The summed E-state index contributed by atoms with van der Waals surface area (Å²) >= 11 is 2.56. The molecule has 0 rings (SSSR count). The molecular formula is C8H17I2N. The minimum atomic E-state index is 0.0437. The number of halogens is 2. The van der Waals surface area contributed by atoms with Crippen LogP contribution >= 0.6 is 43.3 Å². The molecule has 0 fully saturated rings. The van der Waals surface area contributed by atoms with Gasteiger partial charge in [0.2, 0.25) is 0 Å². The highest BCUT2D eigenvalue weighted by atomic mass is 127. The minimum absolute atomic E-state index is 0.0437. The quantitative estimate of drug-likeness (QED) is 0.411. The predicted octanol–water partition coefficient (Wildman–Crippen LogP) is 3.23. The summed E-state index contributed by atoms with van der Waals surface area (Å²) in [5.41, 5.74) is 0. The molecule has 0 aliphatic rings. The molecule has 0 saturated carbocycles. The molecule has 68 valence electrons. The summed E-state index contributed by atoms with van der Waals surface area (Å²) in [6, 6.07) is 0.679. The third kappa shape index (κ3) is 3.67. The first-order valence-electron chi connectivity index (χ1n) is 3.77. The lowest BCUT2D eigenvalue weighted by Gasteiger charge is -2.34. The van der Waals surface area contributed by atoms with Gasteiger partial charge >= 0.3 is 0 Å². The SMILES string of the molecule is C=IC(C)(I)N(C)C(C)CC. The van der Waals surface area contributed by atoms with Crippen LogP contribution in [0, 0.1) is 0 Å². The average Bonchev–Trinajstić information content (AvgIpc) is 2.01. The summed E-state index contributed by atoms with van der Waals surface area (Å²) in [6.45, 7) is 6.78. The van der Waals surface area contributed by atoms with Gasteiger partial charge in [0.05, 0.1) is 0 Å². The number of hydrogen-bond donors (Lipinski definition) is 0. The van der Waals surface area contributed by atoms with Crippen LogP contribution in [-0.2, 0) is 0 Å². The molecule has 0 N–H and O–H groups in total. The summed E-state index contributed by atoms with van der Waals surface area (Å²) in [5, 5.41) is 0. The lowest BCUT2D eigenvalue weighted by molar-refractivity contribution is 0.245. The van der Waals surface area contributed by atoms with Crippen molar-refractivity contribution in [3.8, 4) is 0 Å². The third-order valence-corrected chi connectivity index (χ3v) is 6.96. The second kappa shape index (κ2) is 5.11. The smallest absolute Gasteiger partial charge is 0.117 e. The second-order valence-electron chi connectivity index (χ2n) is 2.84. The molecule has 0 aromatic heterocycles. The van der Waals surface area contributed by atoms with Crippen molar-refractivity contribution < 1.29 is 0 Å². The van der Waals surface area contributed by atoms with E-state index in [1.54, 1.807) is 0 Å².